The topological polar surface area (TPSA) is 54.9 Å². The van der Waals surface area contributed by atoms with E-state index in [0.717, 1.165) is 21.7 Å². The van der Waals surface area contributed by atoms with E-state index in [-0.39, 0.29) is 5.91 Å². The van der Waals surface area contributed by atoms with Crippen molar-refractivity contribution in [3.05, 3.63) is 38.0 Å². The van der Waals surface area contributed by atoms with Gasteiger partial charge in [0, 0.05) is 4.47 Å². The first-order chi connectivity index (χ1) is 9.16. The number of nitrogens with zero attached hydrogens (tertiary/aromatic N) is 2. The SMILES string of the molecule is O=C(Nc1c(Cl)ccc2nsnc12)c1sccc1Br. The van der Waals surface area contributed by atoms with Crippen molar-refractivity contribution in [1.29, 1.82) is 0 Å². The molecule has 0 radical (unpaired) electrons. The Morgan fingerprint density at radius 3 is 2.89 bits per heavy atom. The van der Waals surface area contributed by atoms with Gasteiger partial charge in [0.25, 0.3) is 5.91 Å². The maximum Gasteiger partial charge on any atom is 0.266 e. The zero-order valence-electron chi connectivity index (χ0n) is 9.18. The highest BCUT2D eigenvalue weighted by atomic mass is 79.9. The molecule has 0 bridgehead atoms. The molecular weight excluding hydrogens is 370 g/mol. The fraction of sp³-hybridized carbons (Fsp3) is 0. The van der Waals surface area contributed by atoms with Crippen LogP contribution in [0.2, 0.25) is 5.02 Å². The number of nitrogens with one attached hydrogen (secondary N) is 1. The molecule has 1 amide bonds. The number of benzene rings is 1. The molecule has 8 heteroatoms. The number of halogens is 2. The largest absolute Gasteiger partial charge is 0.318 e. The number of hydrogen-bond donors (Lipinski definition) is 1. The van der Waals surface area contributed by atoms with E-state index in [9.17, 15) is 4.79 Å². The van der Waals surface area contributed by atoms with Gasteiger partial charge in [-0.05, 0) is 39.5 Å². The van der Waals surface area contributed by atoms with Crippen LogP contribution >= 0.6 is 50.6 Å². The molecule has 0 unspecified atom stereocenters. The molecule has 2 aromatic heterocycles. The summed E-state index contributed by atoms with van der Waals surface area (Å²) in [5, 5.41) is 5.08. The highest BCUT2D eigenvalue weighted by molar-refractivity contribution is 9.10. The summed E-state index contributed by atoms with van der Waals surface area (Å²) in [6.07, 6.45) is 0. The van der Waals surface area contributed by atoms with Gasteiger partial charge in [0.2, 0.25) is 0 Å². The molecule has 0 aliphatic rings. The lowest BCUT2D eigenvalue weighted by atomic mass is 10.2. The number of aromatic nitrogens is 2. The summed E-state index contributed by atoms with van der Waals surface area (Å²) in [6.45, 7) is 0. The number of thiophene rings is 1. The highest BCUT2D eigenvalue weighted by Crippen LogP contribution is 2.31. The van der Waals surface area contributed by atoms with E-state index in [4.69, 9.17) is 11.6 Å². The zero-order chi connectivity index (χ0) is 13.4. The third-order valence-corrected chi connectivity index (χ3v) is 5.13. The number of carbonyl (C=O) groups excluding carboxylic acids is 1. The monoisotopic (exact) mass is 373 g/mol. The highest BCUT2D eigenvalue weighted by Gasteiger charge is 2.16. The molecule has 0 aliphatic heterocycles. The van der Waals surface area contributed by atoms with Gasteiger partial charge in [-0.2, -0.15) is 8.75 Å². The Balaban J connectivity index is 2.02. The summed E-state index contributed by atoms with van der Waals surface area (Å²) in [6, 6.07) is 5.30. The fourth-order valence-corrected chi connectivity index (χ4v) is 3.76. The molecule has 0 atom stereocenters. The normalized spacial score (nSPS) is 10.8. The molecule has 19 heavy (non-hydrogen) atoms. The number of amides is 1. The summed E-state index contributed by atoms with van der Waals surface area (Å²) in [4.78, 5) is 12.8. The molecule has 1 aromatic carbocycles. The fourth-order valence-electron chi connectivity index (χ4n) is 1.57. The van der Waals surface area contributed by atoms with Crippen LogP contribution in [0.25, 0.3) is 11.0 Å². The van der Waals surface area contributed by atoms with Crippen LogP contribution in [0, 0.1) is 0 Å². The maximum absolute atomic E-state index is 12.2. The predicted octanol–water partition coefficient (Wildman–Crippen LogP) is 4.42. The van der Waals surface area contributed by atoms with E-state index in [1.807, 2.05) is 11.4 Å². The van der Waals surface area contributed by atoms with E-state index in [2.05, 4.69) is 30.0 Å². The minimum Gasteiger partial charge on any atom is -0.318 e. The Kier molecular flexibility index (Phi) is 3.53. The lowest BCUT2D eigenvalue weighted by Gasteiger charge is -2.06. The van der Waals surface area contributed by atoms with Crippen LogP contribution in [0.15, 0.2) is 28.1 Å². The lowest BCUT2D eigenvalue weighted by Crippen LogP contribution is -2.11. The Bertz CT molecular complexity index is 770. The molecule has 96 valence electrons. The number of carbonyl (C=O) groups is 1. The predicted molar refractivity (Wildman–Crippen MR) is 82.4 cm³/mol. The van der Waals surface area contributed by atoms with Crippen LogP contribution in [0.3, 0.4) is 0 Å². The molecule has 0 fully saturated rings. The third kappa shape index (κ3) is 2.38. The standard InChI is InChI=1S/C11H5BrClN3OS2/c12-5-3-4-18-10(5)11(17)14-8-6(13)1-2-7-9(8)16-19-15-7/h1-4H,(H,14,17). The molecule has 0 aliphatic carbocycles. The van der Waals surface area contributed by atoms with Crippen molar-refractivity contribution in [2.75, 3.05) is 5.32 Å². The average Bonchev–Trinajstić information content (AvgIpc) is 3.01. The molecule has 3 rings (SSSR count). The first-order valence-corrected chi connectivity index (χ1v) is 7.90. The van der Waals surface area contributed by atoms with Crippen molar-refractivity contribution in [1.82, 2.24) is 8.75 Å². The Morgan fingerprint density at radius 1 is 1.32 bits per heavy atom. The van der Waals surface area contributed by atoms with Gasteiger partial charge in [-0.3, -0.25) is 4.79 Å². The van der Waals surface area contributed by atoms with Crippen LogP contribution in [-0.4, -0.2) is 14.7 Å². The van der Waals surface area contributed by atoms with E-state index in [1.165, 1.54) is 11.3 Å². The average molecular weight is 375 g/mol. The van der Waals surface area contributed by atoms with E-state index in [1.54, 1.807) is 12.1 Å². The number of hydrogen-bond acceptors (Lipinski definition) is 5. The van der Waals surface area contributed by atoms with E-state index >= 15 is 0 Å². The van der Waals surface area contributed by atoms with Crippen molar-refractivity contribution >= 4 is 73.2 Å². The van der Waals surface area contributed by atoms with Crippen molar-refractivity contribution in [2.24, 2.45) is 0 Å². The van der Waals surface area contributed by atoms with Gasteiger partial charge >= 0.3 is 0 Å². The minimum absolute atomic E-state index is 0.218. The van der Waals surface area contributed by atoms with Crippen LogP contribution in [0.5, 0.6) is 0 Å². The molecule has 4 nitrogen and oxygen atoms in total. The van der Waals surface area contributed by atoms with Crippen LogP contribution in [0.1, 0.15) is 9.67 Å². The molecule has 0 spiro atoms. The third-order valence-electron chi connectivity index (χ3n) is 2.44. The first kappa shape index (κ1) is 13.0. The van der Waals surface area contributed by atoms with Crippen molar-refractivity contribution < 1.29 is 4.79 Å². The van der Waals surface area contributed by atoms with Gasteiger partial charge in [0.1, 0.15) is 15.9 Å². The van der Waals surface area contributed by atoms with E-state index < -0.39 is 0 Å². The van der Waals surface area contributed by atoms with Gasteiger partial charge in [-0.1, -0.05) is 11.6 Å². The van der Waals surface area contributed by atoms with E-state index in [0.29, 0.717) is 21.1 Å². The second-order valence-electron chi connectivity index (χ2n) is 3.61. The quantitative estimate of drug-likeness (QED) is 0.722. The van der Waals surface area contributed by atoms with Crippen LogP contribution in [0.4, 0.5) is 5.69 Å². The van der Waals surface area contributed by atoms with Gasteiger partial charge in [-0.25, -0.2) is 0 Å². The summed E-state index contributed by atoms with van der Waals surface area (Å²) in [7, 11) is 0. The van der Waals surface area contributed by atoms with Crippen molar-refractivity contribution in [3.8, 4) is 0 Å². The van der Waals surface area contributed by atoms with Crippen molar-refractivity contribution in [3.63, 3.8) is 0 Å². The number of fused-ring (bicyclic) bond motifs is 1. The molecule has 1 N–H and O–H groups in total. The van der Waals surface area contributed by atoms with Gasteiger partial charge in [0.15, 0.2) is 0 Å². The molecule has 3 aromatic rings. The molecule has 0 saturated carbocycles. The van der Waals surface area contributed by atoms with Crippen molar-refractivity contribution in [2.45, 2.75) is 0 Å². The Hall–Kier alpha value is -1.02. The number of anilines is 1. The maximum atomic E-state index is 12.2. The first-order valence-electron chi connectivity index (χ1n) is 5.12. The smallest absolute Gasteiger partial charge is 0.266 e. The van der Waals surface area contributed by atoms with Gasteiger partial charge in [0.05, 0.1) is 22.4 Å². The zero-order valence-corrected chi connectivity index (χ0v) is 13.2. The van der Waals surface area contributed by atoms with Crippen LogP contribution in [-0.2, 0) is 0 Å². The van der Waals surface area contributed by atoms with Crippen LogP contribution < -0.4 is 5.32 Å². The number of rotatable bonds is 2. The summed E-state index contributed by atoms with van der Waals surface area (Å²) in [5.74, 6) is -0.218. The Labute approximate surface area is 129 Å². The molecular formula is C11H5BrClN3OS2. The lowest BCUT2D eigenvalue weighted by molar-refractivity contribution is 0.103. The summed E-state index contributed by atoms with van der Waals surface area (Å²) in [5.41, 5.74) is 1.83. The van der Waals surface area contributed by atoms with Gasteiger partial charge < -0.3 is 5.32 Å². The summed E-state index contributed by atoms with van der Waals surface area (Å²) < 4.78 is 9.04. The Morgan fingerprint density at radius 2 is 2.16 bits per heavy atom. The molecule has 0 saturated heterocycles. The second-order valence-corrected chi connectivity index (χ2v) is 6.31. The van der Waals surface area contributed by atoms with Gasteiger partial charge in [-0.15, -0.1) is 11.3 Å². The second kappa shape index (κ2) is 5.16. The molecule has 2 heterocycles. The minimum atomic E-state index is -0.218. The summed E-state index contributed by atoms with van der Waals surface area (Å²) >= 11 is 11.9.